The third-order valence-corrected chi connectivity index (χ3v) is 6.58. The molecule has 1 fully saturated rings. The summed E-state index contributed by atoms with van der Waals surface area (Å²) < 4.78 is 3.23. The molecule has 1 atom stereocenters. The molecule has 5 rings (SSSR count). The van der Waals surface area contributed by atoms with Crippen LogP contribution in [-0.4, -0.2) is 22.0 Å². The molecule has 0 unspecified atom stereocenters. The number of carbonyl (C=O) groups is 1. The molecule has 0 N–H and O–H groups in total. The van der Waals surface area contributed by atoms with Gasteiger partial charge in [-0.1, -0.05) is 48.5 Å². The molecule has 3 aromatic carbocycles. The van der Waals surface area contributed by atoms with Crippen LogP contribution in [-0.2, 0) is 11.3 Å². The topological polar surface area (TPSA) is 38.1 Å². The third-order valence-electron chi connectivity index (χ3n) is 5.91. The molecule has 2 heterocycles. The molecule has 1 aliphatic heterocycles. The van der Waals surface area contributed by atoms with E-state index in [1.54, 1.807) is 0 Å². The Morgan fingerprint density at radius 3 is 2.57 bits per heavy atom. The number of rotatable bonds is 4. The lowest BCUT2D eigenvalue weighted by molar-refractivity contribution is -0.117. The Bertz CT molecular complexity index is 1250. The maximum absolute atomic E-state index is 12.9. The lowest BCUT2D eigenvalue weighted by Crippen LogP contribution is -2.25. The highest BCUT2D eigenvalue weighted by Crippen LogP contribution is 2.36. The van der Waals surface area contributed by atoms with Gasteiger partial charge >= 0.3 is 0 Å². The van der Waals surface area contributed by atoms with Crippen LogP contribution in [0.25, 0.3) is 11.0 Å². The Morgan fingerprint density at radius 2 is 1.73 bits per heavy atom. The highest BCUT2D eigenvalue weighted by atomic mass is 79.9. The van der Waals surface area contributed by atoms with E-state index in [1.807, 2.05) is 35.2 Å². The van der Waals surface area contributed by atoms with Gasteiger partial charge in [-0.2, -0.15) is 0 Å². The molecule has 0 radical (unpaired) electrons. The SMILES string of the molecule is Cc1ccccc1Cn1c([C@H]2CC(=O)N(c3ccccc3Br)C2)nc2ccccc21. The van der Waals surface area contributed by atoms with Crippen molar-refractivity contribution in [3.63, 3.8) is 0 Å². The van der Waals surface area contributed by atoms with Crippen LogP contribution >= 0.6 is 15.9 Å². The van der Waals surface area contributed by atoms with E-state index in [4.69, 9.17) is 4.98 Å². The number of aromatic nitrogens is 2. The average molecular weight is 460 g/mol. The summed E-state index contributed by atoms with van der Waals surface area (Å²) in [5.74, 6) is 1.18. The summed E-state index contributed by atoms with van der Waals surface area (Å²) in [5.41, 5.74) is 5.55. The molecule has 0 aliphatic carbocycles. The van der Waals surface area contributed by atoms with Gasteiger partial charge in [-0.25, -0.2) is 4.98 Å². The predicted octanol–water partition coefficient (Wildman–Crippen LogP) is 5.68. The number of fused-ring (bicyclic) bond motifs is 1. The van der Waals surface area contributed by atoms with Crippen LogP contribution in [0.2, 0.25) is 0 Å². The number of amides is 1. The summed E-state index contributed by atoms with van der Waals surface area (Å²) in [6, 6.07) is 24.6. The van der Waals surface area contributed by atoms with Gasteiger partial charge in [0, 0.05) is 29.9 Å². The molecule has 0 saturated carbocycles. The van der Waals surface area contributed by atoms with E-state index < -0.39 is 0 Å². The van der Waals surface area contributed by atoms with Crippen molar-refractivity contribution in [2.24, 2.45) is 0 Å². The van der Waals surface area contributed by atoms with Gasteiger partial charge in [-0.15, -0.1) is 0 Å². The molecule has 1 aromatic heterocycles. The Balaban J connectivity index is 1.55. The smallest absolute Gasteiger partial charge is 0.227 e. The van der Waals surface area contributed by atoms with Gasteiger partial charge in [-0.05, 0) is 58.2 Å². The summed E-state index contributed by atoms with van der Waals surface area (Å²) >= 11 is 3.59. The predicted molar refractivity (Wildman–Crippen MR) is 124 cm³/mol. The molecular formula is C25H22BrN3O. The van der Waals surface area contributed by atoms with Gasteiger partial charge < -0.3 is 9.47 Å². The zero-order valence-electron chi connectivity index (χ0n) is 16.8. The summed E-state index contributed by atoms with van der Waals surface area (Å²) in [7, 11) is 0. The van der Waals surface area contributed by atoms with Gasteiger partial charge in [0.2, 0.25) is 5.91 Å². The fraction of sp³-hybridized carbons (Fsp3) is 0.200. The average Bonchev–Trinajstić information content (AvgIpc) is 3.31. The Labute approximate surface area is 184 Å². The van der Waals surface area contributed by atoms with Crippen molar-refractivity contribution >= 4 is 38.6 Å². The van der Waals surface area contributed by atoms with Crippen LogP contribution in [0.5, 0.6) is 0 Å². The van der Waals surface area contributed by atoms with Crippen molar-refractivity contribution in [1.82, 2.24) is 9.55 Å². The summed E-state index contributed by atoms with van der Waals surface area (Å²) in [6.45, 7) is 3.53. The van der Waals surface area contributed by atoms with Crippen LogP contribution in [0.3, 0.4) is 0 Å². The zero-order valence-corrected chi connectivity index (χ0v) is 18.3. The number of halogens is 1. The number of hydrogen-bond acceptors (Lipinski definition) is 2. The molecule has 0 bridgehead atoms. The number of para-hydroxylation sites is 3. The van der Waals surface area contributed by atoms with Crippen LogP contribution in [0.4, 0.5) is 5.69 Å². The number of aryl methyl sites for hydroxylation is 1. The second kappa shape index (κ2) is 7.73. The lowest BCUT2D eigenvalue weighted by atomic mass is 10.1. The number of nitrogens with zero attached hydrogens (tertiary/aromatic N) is 3. The maximum Gasteiger partial charge on any atom is 0.227 e. The molecule has 5 heteroatoms. The Kier molecular flexibility index (Phi) is 4.91. The number of imidazole rings is 1. The molecule has 4 nitrogen and oxygen atoms in total. The van der Waals surface area contributed by atoms with E-state index >= 15 is 0 Å². The van der Waals surface area contributed by atoms with E-state index in [0.717, 1.165) is 33.6 Å². The van der Waals surface area contributed by atoms with Crippen molar-refractivity contribution in [2.75, 3.05) is 11.4 Å². The first-order valence-electron chi connectivity index (χ1n) is 10.2. The molecular weight excluding hydrogens is 438 g/mol. The van der Waals surface area contributed by atoms with Crippen molar-refractivity contribution in [3.05, 3.63) is 94.2 Å². The highest BCUT2D eigenvalue weighted by molar-refractivity contribution is 9.10. The van der Waals surface area contributed by atoms with E-state index in [2.05, 4.69) is 69.9 Å². The van der Waals surface area contributed by atoms with Crippen molar-refractivity contribution in [2.45, 2.75) is 25.8 Å². The third kappa shape index (κ3) is 3.33. The molecule has 4 aromatic rings. The van der Waals surface area contributed by atoms with Crippen LogP contribution in [0.15, 0.2) is 77.3 Å². The van der Waals surface area contributed by atoms with E-state index in [0.29, 0.717) is 13.0 Å². The fourth-order valence-corrected chi connectivity index (χ4v) is 4.81. The molecule has 1 aliphatic rings. The monoisotopic (exact) mass is 459 g/mol. The largest absolute Gasteiger partial charge is 0.323 e. The minimum atomic E-state index is 0.0565. The normalized spacial score (nSPS) is 16.5. The first-order valence-corrected chi connectivity index (χ1v) is 11.0. The quantitative estimate of drug-likeness (QED) is 0.393. The summed E-state index contributed by atoms with van der Waals surface area (Å²) in [6.07, 6.45) is 0.471. The summed E-state index contributed by atoms with van der Waals surface area (Å²) in [5, 5.41) is 0. The van der Waals surface area contributed by atoms with Crippen molar-refractivity contribution < 1.29 is 4.79 Å². The standard InChI is InChI=1S/C25H22BrN3O/c1-17-8-2-3-9-18(17)15-29-23-13-7-5-11-21(23)27-25(29)19-14-24(30)28(16-19)22-12-6-4-10-20(22)26/h2-13,19H,14-16H2,1H3/t19-/m0/s1. The first kappa shape index (κ1) is 19.1. The Morgan fingerprint density at radius 1 is 1.00 bits per heavy atom. The van der Waals surface area contributed by atoms with Gasteiger partial charge in [0.05, 0.1) is 16.7 Å². The van der Waals surface area contributed by atoms with E-state index in [9.17, 15) is 4.79 Å². The molecule has 0 spiro atoms. The van der Waals surface area contributed by atoms with Gasteiger partial charge in [0.15, 0.2) is 0 Å². The number of anilines is 1. The second-order valence-corrected chi connectivity index (χ2v) is 8.68. The first-order chi connectivity index (χ1) is 14.6. The number of carbonyl (C=O) groups excluding carboxylic acids is 1. The molecule has 1 amide bonds. The molecule has 150 valence electrons. The fourth-order valence-electron chi connectivity index (χ4n) is 4.31. The number of benzene rings is 3. The zero-order chi connectivity index (χ0) is 20.7. The summed E-state index contributed by atoms with van der Waals surface area (Å²) in [4.78, 5) is 19.8. The highest BCUT2D eigenvalue weighted by Gasteiger charge is 2.35. The van der Waals surface area contributed by atoms with Gasteiger partial charge in [0.25, 0.3) is 0 Å². The van der Waals surface area contributed by atoms with Crippen molar-refractivity contribution in [1.29, 1.82) is 0 Å². The minimum absolute atomic E-state index is 0.0565. The van der Waals surface area contributed by atoms with E-state index in [1.165, 1.54) is 11.1 Å². The molecule has 1 saturated heterocycles. The minimum Gasteiger partial charge on any atom is -0.323 e. The second-order valence-electron chi connectivity index (χ2n) is 7.83. The van der Waals surface area contributed by atoms with Gasteiger partial charge in [0.1, 0.15) is 5.82 Å². The lowest BCUT2D eigenvalue weighted by Gasteiger charge is -2.19. The molecule has 30 heavy (non-hydrogen) atoms. The van der Waals surface area contributed by atoms with E-state index in [-0.39, 0.29) is 11.8 Å². The maximum atomic E-state index is 12.9. The van der Waals surface area contributed by atoms with Crippen LogP contribution in [0.1, 0.15) is 29.3 Å². The van der Waals surface area contributed by atoms with Gasteiger partial charge in [-0.3, -0.25) is 4.79 Å². The van der Waals surface area contributed by atoms with Crippen LogP contribution < -0.4 is 4.90 Å². The van der Waals surface area contributed by atoms with Crippen LogP contribution in [0, 0.1) is 6.92 Å². The Hall–Kier alpha value is -2.92. The number of hydrogen-bond donors (Lipinski definition) is 0. The van der Waals surface area contributed by atoms with Crippen molar-refractivity contribution in [3.8, 4) is 0 Å².